The predicted octanol–water partition coefficient (Wildman–Crippen LogP) is 2.14. The summed E-state index contributed by atoms with van der Waals surface area (Å²) >= 11 is 5.05. The molecule has 90 valence electrons. The zero-order valence-corrected chi connectivity index (χ0v) is 11.3. The van der Waals surface area contributed by atoms with Gasteiger partial charge in [0.05, 0.1) is 10.2 Å². The fraction of sp³-hybridized carbons (Fsp3) is 0.667. The minimum atomic E-state index is 0.0119. The van der Waals surface area contributed by atoms with Crippen LogP contribution in [0.25, 0.3) is 0 Å². The van der Waals surface area contributed by atoms with Gasteiger partial charge in [0.15, 0.2) is 0 Å². The van der Waals surface area contributed by atoms with Crippen molar-refractivity contribution >= 4 is 17.9 Å². The SMILES string of the molecule is CCN(C)CCNc1c(C(C)C)c(=S)c1=O. The molecule has 0 unspecified atom stereocenters. The molecule has 0 amide bonds. The van der Waals surface area contributed by atoms with Crippen LogP contribution in [0.3, 0.4) is 0 Å². The van der Waals surface area contributed by atoms with Crippen LogP contribution in [0.1, 0.15) is 32.3 Å². The second-order valence-electron chi connectivity index (χ2n) is 4.42. The summed E-state index contributed by atoms with van der Waals surface area (Å²) in [6.45, 7) is 8.99. The van der Waals surface area contributed by atoms with Gasteiger partial charge in [0.2, 0.25) is 5.43 Å². The summed E-state index contributed by atoms with van der Waals surface area (Å²) in [5.41, 5.74) is 1.78. The van der Waals surface area contributed by atoms with Gasteiger partial charge in [-0.1, -0.05) is 33.0 Å². The van der Waals surface area contributed by atoms with Gasteiger partial charge in [0.25, 0.3) is 0 Å². The van der Waals surface area contributed by atoms with Gasteiger partial charge in [-0.15, -0.1) is 0 Å². The summed E-state index contributed by atoms with van der Waals surface area (Å²) in [4.78, 5) is 13.7. The molecular formula is C12H20N2OS. The molecule has 0 aromatic heterocycles. The number of nitrogens with one attached hydrogen (secondary N) is 1. The largest absolute Gasteiger partial charge is 0.380 e. The molecule has 0 bridgehead atoms. The molecule has 0 aliphatic rings. The standard InChI is InChI=1S/C12H20N2OS/c1-5-14(4)7-6-13-10-9(8(2)3)12(16)11(10)15/h8,13H,5-7H2,1-4H3. The molecule has 0 saturated heterocycles. The molecular weight excluding hydrogens is 220 g/mol. The Morgan fingerprint density at radius 1 is 1.44 bits per heavy atom. The van der Waals surface area contributed by atoms with Crippen LogP contribution in [0.15, 0.2) is 4.79 Å². The van der Waals surface area contributed by atoms with Crippen molar-refractivity contribution in [3.8, 4) is 0 Å². The fourth-order valence-corrected chi connectivity index (χ4v) is 2.11. The maximum Gasteiger partial charge on any atom is 0.220 e. The molecule has 1 rings (SSSR count). The van der Waals surface area contributed by atoms with E-state index < -0.39 is 0 Å². The van der Waals surface area contributed by atoms with E-state index in [1.807, 2.05) is 0 Å². The van der Waals surface area contributed by atoms with Gasteiger partial charge < -0.3 is 10.2 Å². The van der Waals surface area contributed by atoms with Crippen LogP contribution in [0.5, 0.6) is 0 Å². The van der Waals surface area contributed by atoms with Gasteiger partial charge in [-0.25, -0.2) is 0 Å². The highest BCUT2D eigenvalue weighted by molar-refractivity contribution is 7.71. The summed E-state index contributed by atoms with van der Waals surface area (Å²) in [5, 5.41) is 3.20. The Bertz CT molecular complexity index is 419. The Morgan fingerprint density at radius 3 is 2.56 bits per heavy atom. The van der Waals surface area contributed by atoms with Crippen molar-refractivity contribution in [1.29, 1.82) is 0 Å². The molecule has 0 radical (unpaired) electrons. The van der Waals surface area contributed by atoms with Crippen molar-refractivity contribution in [1.82, 2.24) is 4.90 Å². The minimum Gasteiger partial charge on any atom is -0.380 e. The first-order valence-corrected chi connectivity index (χ1v) is 6.15. The molecule has 3 nitrogen and oxygen atoms in total. The average Bonchev–Trinajstić information content (AvgIpc) is 2.26. The Kier molecular flexibility index (Phi) is 4.62. The van der Waals surface area contributed by atoms with E-state index in [1.165, 1.54) is 0 Å². The van der Waals surface area contributed by atoms with E-state index >= 15 is 0 Å². The van der Waals surface area contributed by atoms with Crippen molar-refractivity contribution in [2.24, 2.45) is 0 Å². The monoisotopic (exact) mass is 240 g/mol. The van der Waals surface area contributed by atoms with E-state index in [1.54, 1.807) is 0 Å². The van der Waals surface area contributed by atoms with Gasteiger partial charge in [0, 0.05) is 18.7 Å². The molecule has 1 aromatic rings. The summed E-state index contributed by atoms with van der Waals surface area (Å²) in [6, 6.07) is 0. The molecule has 16 heavy (non-hydrogen) atoms. The molecule has 0 fully saturated rings. The zero-order valence-electron chi connectivity index (χ0n) is 10.5. The van der Waals surface area contributed by atoms with E-state index in [0.717, 1.165) is 30.9 Å². The van der Waals surface area contributed by atoms with Crippen molar-refractivity contribution in [2.75, 3.05) is 32.0 Å². The highest BCUT2D eigenvalue weighted by Gasteiger charge is 2.19. The lowest BCUT2D eigenvalue weighted by Gasteiger charge is -2.19. The van der Waals surface area contributed by atoms with Gasteiger partial charge in [-0.05, 0) is 19.5 Å². The number of nitrogens with zero attached hydrogens (tertiary/aromatic N) is 1. The highest BCUT2D eigenvalue weighted by atomic mass is 32.1. The van der Waals surface area contributed by atoms with Crippen LogP contribution < -0.4 is 10.7 Å². The molecule has 4 heteroatoms. The first-order valence-electron chi connectivity index (χ1n) is 5.74. The maximum absolute atomic E-state index is 11.5. The zero-order chi connectivity index (χ0) is 12.3. The average molecular weight is 240 g/mol. The van der Waals surface area contributed by atoms with Crippen molar-refractivity contribution < 1.29 is 0 Å². The predicted molar refractivity (Wildman–Crippen MR) is 71.7 cm³/mol. The van der Waals surface area contributed by atoms with E-state index in [-0.39, 0.29) is 5.43 Å². The first-order chi connectivity index (χ1) is 7.49. The van der Waals surface area contributed by atoms with E-state index in [4.69, 9.17) is 12.2 Å². The normalized spacial score (nSPS) is 11.6. The summed E-state index contributed by atoms with van der Waals surface area (Å²) < 4.78 is 0.515. The summed E-state index contributed by atoms with van der Waals surface area (Å²) in [7, 11) is 2.06. The van der Waals surface area contributed by atoms with Crippen LogP contribution >= 0.6 is 12.2 Å². The number of anilines is 1. The molecule has 0 saturated carbocycles. The molecule has 0 heterocycles. The van der Waals surface area contributed by atoms with Crippen LogP contribution in [0, 0.1) is 4.51 Å². The second-order valence-corrected chi connectivity index (χ2v) is 4.83. The van der Waals surface area contributed by atoms with Gasteiger partial charge in [-0.2, -0.15) is 0 Å². The third-order valence-corrected chi connectivity index (χ3v) is 3.27. The lowest BCUT2D eigenvalue weighted by atomic mass is 9.97. The number of hydrogen-bond acceptors (Lipinski definition) is 4. The Balaban J connectivity index is 2.59. The topological polar surface area (TPSA) is 32.3 Å². The molecule has 1 aromatic carbocycles. The smallest absolute Gasteiger partial charge is 0.220 e. The van der Waals surface area contributed by atoms with Gasteiger partial charge >= 0.3 is 0 Å². The minimum absolute atomic E-state index is 0.0119. The van der Waals surface area contributed by atoms with Crippen molar-refractivity contribution in [3.05, 3.63) is 20.3 Å². The molecule has 0 atom stereocenters. The van der Waals surface area contributed by atoms with Crippen molar-refractivity contribution in [2.45, 2.75) is 26.7 Å². The Morgan fingerprint density at radius 2 is 2.06 bits per heavy atom. The van der Waals surface area contributed by atoms with E-state index in [9.17, 15) is 4.79 Å². The number of rotatable bonds is 6. The Labute approximate surface area is 102 Å². The lowest BCUT2D eigenvalue weighted by Crippen LogP contribution is -2.29. The van der Waals surface area contributed by atoms with Crippen LogP contribution in [-0.2, 0) is 0 Å². The van der Waals surface area contributed by atoms with Crippen LogP contribution in [0.4, 0.5) is 5.69 Å². The number of likely N-dealkylation sites (N-methyl/N-ethyl adjacent to an activating group) is 1. The fourth-order valence-electron chi connectivity index (χ4n) is 1.67. The second kappa shape index (κ2) is 5.55. The molecule has 0 aliphatic heterocycles. The molecule has 0 spiro atoms. The van der Waals surface area contributed by atoms with Crippen LogP contribution in [-0.4, -0.2) is 31.6 Å². The van der Waals surface area contributed by atoms with Gasteiger partial charge in [-0.3, -0.25) is 4.79 Å². The van der Waals surface area contributed by atoms with Gasteiger partial charge in [0.1, 0.15) is 0 Å². The highest BCUT2D eigenvalue weighted by Crippen LogP contribution is 2.25. The van der Waals surface area contributed by atoms with Crippen molar-refractivity contribution in [3.63, 3.8) is 0 Å². The Hall–Kier alpha value is -0.740. The molecule has 1 N–H and O–H groups in total. The summed E-state index contributed by atoms with van der Waals surface area (Å²) in [6.07, 6.45) is 0. The first kappa shape index (κ1) is 13.3. The quantitative estimate of drug-likeness (QED) is 0.772. The van der Waals surface area contributed by atoms with Crippen LogP contribution in [0.2, 0.25) is 0 Å². The maximum atomic E-state index is 11.5. The molecule has 0 aliphatic carbocycles. The lowest BCUT2D eigenvalue weighted by molar-refractivity contribution is 0.367. The van der Waals surface area contributed by atoms with E-state index in [2.05, 4.69) is 38.0 Å². The third kappa shape index (κ3) is 2.68. The summed E-state index contributed by atoms with van der Waals surface area (Å²) in [5.74, 6) is 0.330. The number of hydrogen-bond donors (Lipinski definition) is 1. The van der Waals surface area contributed by atoms with E-state index in [0.29, 0.717) is 10.4 Å². The third-order valence-electron chi connectivity index (χ3n) is 2.86.